The Kier molecular flexibility index (Phi) is 6.96. The highest BCUT2D eigenvalue weighted by molar-refractivity contribution is 5.25. The molecular formula is C13H20N4O. The van der Waals surface area contributed by atoms with E-state index in [1.165, 1.54) is 0 Å². The zero-order valence-corrected chi connectivity index (χ0v) is 11.0. The van der Waals surface area contributed by atoms with Gasteiger partial charge in [0, 0.05) is 25.8 Å². The average Bonchev–Trinajstić information content (AvgIpc) is 2.37. The Labute approximate surface area is 108 Å². The number of nitriles is 1. The number of aromatic nitrogens is 1. The highest BCUT2D eigenvalue weighted by atomic mass is 16.5. The number of ether oxygens (including phenoxy) is 1. The average molecular weight is 248 g/mol. The zero-order valence-electron chi connectivity index (χ0n) is 11.0. The van der Waals surface area contributed by atoms with E-state index in [2.05, 4.69) is 15.2 Å². The molecule has 5 heteroatoms. The fourth-order valence-corrected chi connectivity index (χ4v) is 1.37. The molecule has 0 aromatic carbocycles. The number of hydrogen-bond acceptors (Lipinski definition) is 5. The molecule has 0 spiro atoms. The van der Waals surface area contributed by atoms with Crippen LogP contribution in [0.4, 0.5) is 0 Å². The predicted molar refractivity (Wildman–Crippen MR) is 70.0 cm³/mol. The summed E-state index contributed by atoms with van der Waals surface area (Å²) in [5.74, 6) is 0. The minimum atomic E-state index is 0.455. The van der Waals surface area contributed by atoms with Gasteiger partial charge in [-0.15, -0.1) is 0 Å². The lowest BCUT2D eigenvalue weighted by Gasteiger charge is -2.10. The Balaban J connectivity index is 2.09. The summed E-state index contributed by atoms with van der Waals surface area (Å²) < 4.78 is 5.46. The van der Waals surface area contributed by atoms with Crippen LogP contribution in [-0.2, 0) is 11.3 Å². The summed E-state index contributed by atoms with van der Waals surface area (Å²) >= 11 is 0. The number of nitrogens with one attached hydrogen (secondary N) is 1. The summed E-state index contributed by atoms with van der Waals surface area (Å²) in [6.45, 7) is 3.92. The lowest BCUT2D eigenvalue weighted by Crippen LogP contribution is -2.23. The molecule has 98 valence electrons. The van der Waals surface area contributed by atoms with Crippen molar-refractivity contribution in [3.05, 3.63) is 29.6 Å². The van der Waals surface area contributed by atoms with Crippen molar-refractivity contribution in [2.75, 3.05) is 40.4 Å². The van der Waals surface area contributed by atoms with Crippen molar-refractivity contribution in [1.82, 2.24) is 15.2 Å². The Morgan fingerprint density at radius 3 is 3.00 bits per heavy atom. The lowest BCUT2D eigenvalue weighted by molar-refractivity contribution is 0.119. The molecule has 18 heavy (non-hydrogen) atoms. The zero-order chi connectivity index (χ0) is 13.2. The molecule has 0 amide bonds. The summed E-state index contributed by atoms with van der Waals surface area (Å²) in [6.07, 6.45) is 1.66. The summed E-state index contributed by atoms with van der Waals surface area (Å²) in [5.41, 5.74) is 1.52. The molecule has 0 saturated carbocycles. The fraction of sp³-hybridized carbons (Fsp3) is 0.538. The van der Waals surface area contributed by atoms with Gasteiger partial charge in [-0.25, -0.2) is 4.98 Å². The molecule has 1 aromatic rings. The van der Waals surface area contributed by atoms with Crippen molar-refractivity contribution >= 4 is 0 Å². The first-order chi connectivity index (χ1) is 8.72. The molecule has 0 aliphatic rings. The standard InChI is InChI=1S/C13H20N4O/c1-17(2)6-8-18-7-5-15-11-12-3-4-16-13(9-12)10-14/h3-4,9,15H,5-8,11H2,1-2H3. The van der Waals surface area contributed by atoms with Gasteiger partial charge in [0.25, 0.3) is 0 Å². The Morgan fingerprint density at radius 1 is 1.44 bits per heavy atom. The van der Waals surface area contributed by atoms with Gasteiger partial charge in [0.2, 0.25) is 0 Å². The van der Waals surface area contributed by atoms with E-state index < -0.39 is 0 Å². The quantitative estimate of drug-likeness (QED) is 0.683. The summed E-state index contributed by atoms with van der Waals surface area (Å²) in [4.78, 5) is 6.02. The van der Waals surface area contributed by atoms with Gasteiger partial charge in [-0.3, -0.25) is 0 Å². The second-order valence-electron chi connectivity index (χ2n) is 4.25. The Hall–Kier alpha value is -1.48. The highest BCUT2D eigenvalue weighted by Gasteiger charge is 1.96. The highest BCUT2D eigenvalue weighted by Crippen LogP contribution is 1.99. The van der Waals surface area contributed by atoms with E-state index in [4.69, 9.17) is 10.00 Å². The van der Waals surface area contributed by atoms with Crippen LogP contribution in [0.1, 0.15) is 11.3 Å². The van der Waals surface area contributed by atoms with Crippen molar-refractivity contribution in [2.45, 2.75) is 6.54 Å². The molecule has 1 N–H and O–H groups in total. The SMILES string of the molecule is CN(C)CCOCCNCc1ccnc(C#N)c1. The lowest BCUT2D eigenvalue weighted by atomic mass is 10.2. The van der Waals surface area contributed by atoms with Gasteiger partial charge >= 0.3 is 0 Å². The van der Waals surface area contributed by atoms with Crippen LogP contribution in [-0.4, -0.2) is 50.3 Å². The van der Waals surface area contributed by atoms with E-state index in [1.54, 1.807) is 12.3 Å². The van der Waals surface area contributed by atoms with Crippen LogP contribution in [0.3, 0.4) is 0 Å². The molecule has 0 aliphatic carbocycles. The van der Waals surface area contributed by atoms with Crippen molar-refractivity contribution in [2.24, 2.45) is 0 Å². The number of hydrogen-bond donors (Lipinski definition) is 1. The minimum Gasteiger partial charge on any atom is -0.379 e. The molecule has 0 atom stereocenters. The smallest absolute Gasteiger partial charge is 0.140 e. The maximum Gasteiger partial charge on any atom is 0.140 e. The minimum absolute atomic E-state index is 0.455. The molecule has 5 nitrogen and oxygen atoms in total. The molecule has 1 rings (SSSR count). The largest absolute Gasteiger partial charge is 0.379 e. The molecule has 0 saturated heterocycles. The van der Waals surface area contributed by atoms with Crippen LogP contribution in [0, 0.1) is 11.3 Å². The van der Waals surface area contributed by atoms with Gasteiger partial charge in [0.05, 0.1) is 13.2 Å². The first-order valence-corrected chi connectivity index (χ1v) is 6.00. The van der Waals surface area contributed by atoms with Crippen LogP contribution < -0.4 is 5.32 Å². The van der Waals surface area contributed by atoms with Crippen molar-refractivity contribution < 1.29 is 4.74 Å². The van der Waals surface area contributed by atoms with E-state index in [0.717, 1.165) is 31.8 Å². The molecule has 0 radical (unpaired) electrons. The molecule has 1 heterocycles. The fourth-order valence-electron chi connectivity index (χ4n) is 1.37. The molecule has 0 aliphatic heterocycles. The molecule has 0 unspecified atom stereocenters. The van der Waals surface area contributed by atoms with Crippen molar-refractivity contribution in [1.29, 1.82) is 5.26 Å². The number of likely N-dealkylation sites (N-methyl/N-ethyl adjacent to an activating group) is 1. The van der Waals surface area contributed by atoms with Crippen LogP contribution in [0.15, 0.2) is 18.3 Å². The molecule has 1 aromatic heterocycles. The van der Waals surface area contributed by atoms with E-state index in [-0.39, 0.29) is 0 Å². The summed E-state index contributed by atoms with van der Waals surface area (Å²) in [6, 6.07) is 5.72. The second-order valence-corrected chi connectivity index (χ2v) is 4.25. The number of nitrogens with zero attached hydrogens (tertiary/aromatic N) is 3. The van der Waals surface area contributed by atoms with E-state index in [1.807, 2.05) is 26.2 Å². The topological polar surface area (TPSA) is 61.2 Å². The first-order valence-electron chi connectivity index (χ1n) is 6.00. The third kappa shape index (κ3) is 6.30. The summed E-state index contributed by atoms with van der Waals surface area (Å²) in [5, 5.41) is 12.0. The number of pyridine rings is 1. The Morgan fingerprint density at radius 2 is 2.28 bits per heavy atom. The monoisotopic (exact) mass is 248 g/mol. The van der Waals surface area contributed by atoms with Crippen molar-refractivity contribution in [3.8, 4) is 6.07 Å². The van der Waals surface area contributed by atoms with E-state index >= 15 is 0 Å². The van der Waals surface area contributed by atoms with E-state index in [0.29, 0.717) is 12.3 Å². The van der Waals surface area contributed by atoms with Gasteiger partial charge in [-0.2, -0.15) is 5.26 Å². The van der Waals surface area contributed by atoms with Crippen molar-refractivity contribution in [3.63, 3.8) is 0 Å². The van der Waals surface area contributed by atoms with Gasteiger partial charge in [-0.05, 0) is 31.8 Å². The van der Waals surface area contributed by atoms with Crippen LogP contribution in [0.25, 0.3) is 0 Å². The maximum atomic E-state index is 8.72. The molecule has 0 bridgehead atoms. The van der Waals surface area contributed by atoms with E-state index in [9.17, 15) is 0 Å². The van der Waals surface area contributed by atoms with Crippen LogP contribution in [0.2, 0.25) is 0 Å². The van der Waals surface area contributed by atoms with Gasteiger partial charge in [-0.1, -0.05) is 0 Å². The Bertz CT molecular complexity index is 387. The van der Waals surface area contributed by atoms with Crippen LogP contribution in [0.5, 0.6) is 0 Å². The second kappa shape index (κ2) is 8.59. The third-order valence-electron chi connectivity index (χ3n) is 2.37. The third-order valence-corrected chi connectivity index (χ3v) is 2.37. The predicted octanol–water partition coefficient (Wildman–Crippen LogP) is 0.621. The van der Waals surface area contributed by atoms with Crippen LogP contribution >= 0.6 is 0 Å². The summed E-state index contributed by atoms with van der Waals surface area (Å²) in [7, 11) is 4.05. The number of rotatable bonds is 8. The maximum absolute atomic E-state index is 8.72. The van der Waals surface area contributed by atoms with Gasteiger partial charge in [0.15, 0.2) is 0 Å². The van der Waals surface area contributed by atoms with Gasteiger partial charge in [0.1, 0.15) is 11.8 Å². The molecular weight excluding hydrogens is 228 g/mol. The molecule has 0 fully saturated rings. The normalized spacial score (nSPS) is 10.6. The van der Waals surface area contributed by atoms with Gasteiger partial charge < -0.3 is 15.0 Å². The first kappa shape index (κ1) is 14.6.